The van der Waals surface area contributed by atoms with Gasteiger partial charge in [-0.25, -0.2) is 14.2 Å². The summed E-state index contributed by atoms with van der Waals surface area (Å²) in [5.74, 6) is 0.720. The zero-order chi connectivity index (χ0) is 27.6. The van der Waals surface area contributed by atoms with Gasteiger partial charge in [-0.1, -0.05) is 35.9 Å². The Hall–Kier alpha value is -3.46. The molecule has 0 bridgehead atoms. The van der Waals surface area contributed by atoms with Gasteiger partial charge in [-0.05, 0) is 72.8 Å². The second kappa shape index (κ2) is 11.6. The van der Waals surface area contributed by atoms with Gasteiger partial charge in [-0.3, -0.25) is 4.90 Å². The second-order valence-corrected chi connectivity index (χ2v) is 10.9. The van der Waals surface area contributed by atoms with E-state index in [1.165, 1.54) is 18.7 Å². The number of fused-ring (bicyclic) bond motifs is 1. The summed E-state index contributed by atoms with van der Waals surface area (Å²) in [6, 6.07) is 18.3. The molecule has 0 spiro atoms. The van der Waals surface area contributed by atoms with E-state index in [0.717, 1.165) is 55.0 Å². The van der Waals surface area contributed by atoms with Crippen LogP contribution in [0, 0.1) is 5.82 Å². The summed E-state index contributed by atoms with van der Waals surface area (Å²) in [5, 5.41) is 0.343. The fraction of sp³-hybridized carbons (Fsp3) is 0.355. The third kappa shape index (κ3) is 5.70. The SMILES string of the molecule is COC(=O)c1ccc2nc(CN3CCC(c4cccc(COc5ccc(Cl)cc5F)c4)C3)n(CC3CCO3)c2c1. The van der Waals surface area contributed by atoms with E-state index in [1.54, 1.807) is 18.2 Å². The van der Waals surface area contributed by atoms with Crippen LogP contribution in [0.25, 0.3) is 11.0 Å². The Morgan fingerprint density at radius 1 is 1.15 bits per heavy atom. The van der Waals surface area contributed by atoms with E-state index in [9.17, 15) is 9.18 Å². The molecule has 0 amide bonds. The van der Waals surface area contributed by atoms with E-state index < -0.39 is 5.82 Å². The topological polar surface area (TPSA) is 65.8 Å². The lowest BCUT2D eigenvalue weighted by atomic mass is 9.97. The fourth-order valence-corrected chi connectivity index (χ4v) is 5.67. The minimum Gasteiger partial charge on any atom is -0.486 e. The number of halogens is 2. The molecule has 0 radical (unpaired) electrons. The van der Waals surface area contributed by atoms with E-state index in [-0.39, 0.29) is 24.4 Å². The molecule has 9 heteroatoms. The van der Waals surface area contributed by atoms with Crippen molar-refractivity contribution in [1.82, 2.24) is 14.5 Å². The summed E-state index contributed by atoms with van der Waals surface area (Å²) in [5.41, 5.74) is 4.55. The third-order valence-corrected chi connectivity index (χ3v) is 8.01. The molecular weight excluding hydrogens is 533 g/mol. The molecule has 2 fully saturated rings. The number of methoxy groups -OCH3 is 1. The number of esters is 1. The first-order valence-electron chi connectivity index (χ1n) is 13.5. The average Bonchev–Trinajstić information content (AvgIpc) is 3.54. The van der Waals surface area contributed by atoms with Gasteiger partial charge >= 0.3 is 5.97 Å². The van der Waals surface area contributed by atoms with Crippen LogP contribution in [0.5, 0.6) is 5.75 Å². The highest BCUT2D eigenvalue weighted by Crippen LogP contribution is 2.31. The first-order valence-corrected chi connectivity index (χ1v) is 13.9. The number of carbonyl (C=O) groups excluding carboxylic acids is 1. The van der Waals surface area contributed by atoms with Gasteiger partial charge in [0.05, 0.1) is 42.9 Å². The second-order valence-electron chi connectivity index (χ2n) is 10.4. The molecule has 7 nitrogen and oxygen atoms in total. The Morgan fingerprint density at radius 2 is 2.02 bits per heavy atom. The molecule has 1 aromatic heterocycles. The van der Waals surface area contributed by atoms with Gasteiger partial charge in [0.2, 0.25) is 0 Å². The summed E-state index contributed by atoms with van der Waals surface area (Å²) in [4.78, 5) is 19.5. The minimum atomic E-state index is -0.466. The Morgan fingerprint density at radius 3 is 2.80 bits per heavy atom. The number of aromatic nitrogens is 2. The molecule has 2 aliphatic heterocycles. The minimum absolute atomic E-state index is 0.163. The van der Waals surface area contributed by atoms with E-state index in [0.29, 0.717) is 29.6 Å². The van der Waals surface area contributed by atoms with Crippen molar-refractivity contribution in [1.29, 1.82) is 0 Å². The van der Waals surface area contributed by atoms with Crippen LogP contribution in [-0.4, -0.2) is 53.3 Å². The Kier molecular flexibility index (Phi) is 7.74. The number of imidazole rings is 1. The number of ether oxygens (including phenoxy) is 3. The molecule has 40 heavy (non-hydrogen) atoms. The Bertz CT molecular complexity index is 1540. The molecule has 2 atom stereocenters. The average molecular weight is 564 g/mol. The molecule has 2 aliphatic rings. The molecule has 3 aromatic carbocycles. The van der Waals surface area contributed by atoms with Gasteiger partial charge in [0, 0.05) is 18.2 Å². The molecule has 4 aromatic rings. The lowest BCUT2D eigenvalue weighted by molar-refractivity contribution is -0.0591. The summed E-state index contributed by atoms with van der Waals surface area (Å²) < 4.78 is 32.7. The fourth-order valence-electron chi connectivity index (χ4n) is 5.51. The summed E-state index contributed by atoms with van der Waals surface area (Å²) in [6.07, 6.45) is 2.22. The van der Waals surface area contributed by atoms with E-state index in [1.807, 2.05) is 24.3 Å². The van der Waals surface area contributed by atoms with Crippen LogP contribution in [0.1, 0.15) is 46.1 Å². The van der Waals surface area contributed by atoms with E-state index >= 15 is 0 Å². The zero-order valence-corrected chi connectivity index (χ0v) is 23.1. The highest BCUT2D eigenvalue weighted by molar-refractivity contribution is 6.30. The van der Waals surface area contributed by atoms with Crippen molar-refractivity contribution in [3.05, 3.63) is 94.0 Å². The maximum atomic E-state index is 14.1. The number of likely N-dealkylation sites (tertiary alicyclic amines) is 1. The lowest BCUT2D eigenvalue weighted by Gasteiger charge is -2.28. The van der Waals surface area contributed by atoms with Crippen molar-refractivity contribution in [3.63, 3.8) is 0 Å². The molecule has 2 unspecified atom stereocenters. The Balaban J connectivity index is 1.15. The maximum absolute atomic E-state index is 14.1. The molecule has 0 N–H and O–H groups in total. The van der Waals surface area contributed by atoms with Crippen LogP contribution in [-0.2, 0) is 29.2 Å². The maximum Gasteiger partial charge on any atom is 0.337 e. The van der Waals surface area contributed by atoms with Gasteiger partial charge in [0.25, 0.3) is 0 Å². The Labute approximate surface area is 237 Å². The largest absolute Gasteiger partial charge is 0.486 e. The van der Waals surface area contributed by atoms with Crippen molar-refractivity contribution >= 4 is 28.6 Å². The first kappa shape index (κ1) is 26.7. The quantitative estimate of drug-likeness (QED) is 0.234. The van der Waals surface area contributed by atoms with Gasteiger partial charge in [0.1, 0.15) is 12.4 Å². The smallest absolute Gasteiger partial charge is 0.337 e. The number of hydrogen-bond acceptors (Lipinski definition) is 6. The number of hydrogen-bond donors (Lipinski definition) is 0. The van der Waals surface area contributed by atoms with Crippen molar-refractivity contribution < 1.29 is 23.4 Å². The van der Waals surface area contributed by atoms with E-state index in [2.05, 4.69) is 21.6 Å². The number of rotatable bonds is 9. The molecule has 6 rings (SSSR count). The predicted octanol–water partition coefficient (Wildman–Crippen LogP) is 5.97. The number of carbonyl (C=O) groups is 1. The molecule has 0 aliphatic carbocycles. The summed E-state index contributed by atoms with van der Waals surface area (Å²) in [6.45, 7) is 4.36. The van der Waals surface area contributed by atoms with Crippen molar-refractivity contribution in [2.24, 2.45) is 0 Å². The van der Waals surface area contributed by atoms with Crippen LogP contribution >= 0.6 is 11.6 Å². The standard InChI is InChI=1S/C31H31ClFN3O4/c1-38-31(37)22-5-7-27-28(14-22)36(17-25-10-12-39-25)30(34-27)18-35-11-9-23(16-35)21-4-2-3-20(13-21)19-40-29-8-6-24(32)15-26(29)33/h2-8,13-15,23,25H,9-12,16-19H2,1H3. The molecule has 2 saturated heterocycles. The van der Waals surface area contributed by atoms with Gasteiger partial charge in [-0.15, -0.1) is 0 Å². The lowest BCUT2D eigenvalue weighted by Crippen LogP contribution is -2.32. The summed E-state index contributed by atoms with van der Waals surface area (Å²) in [7, 11) is 1.39. The molecule has 0 saturated carbocycles. The molecular formula is C31H31ClFN3O4. The number of nitrogens with zero attached hydrogens (tertiary/aromatic N) is 3. The van der Waals surface area contributed by atoms with Crippen LogP contribution in [0.15, 0.2) is 60.7 Å². The van der Waals surface area contributed by atoms with Gasteiger partial charge in [-0.2, -0.15) is 0 Å². The highest BCUT2D eigenvalue weighted by Gasteiger charge is 2.27. The van der Waals surface area contributed by atoms with Crippen LogP contribution in [0.3, 0.4) is 0 Å². The van der Waals surface area contributed by atoms with Crippen molar-refractivity contribution in [3.8, 4) is 5.75 Å². The van der Waals surface area contributed by atoms with Crippen LogP contribution in [0.2, 0.25) is 5.02 Å². The summed E-state index contributed by atoms with van der Waals surface area (Å²) >= 11 is 5.85. The van der Waals surface area contributed by atoms with Crippen LogP contribution in [0.4, 0.5) is 4.39 Å². The van der Waals surface area contributed by atoms with Crippen molar-refractivity contribution in [2.75, 3.05) is 26.8 Å². The monoisotopic (exact) mass is 563 g/mol. The number of benzene rings is 3. The first-order chi connectivity index (χ1) is 19.5. The van der Waals surface area contributed by atoms with E-state index in [4.69, 9.17) is 30.8 Å². The highest BCUT2D eigenvalue weighted by atomic mass is 35.5. The van der Waals surface area contributed by atoms with Crippen LogP contribution < -0.4 is 4.74 Å². The molecule has 3 heterocycles. The molecule has 208 valence electrons. The predicted molar refractivity (Wildman–Crippen MR) is 150 cm³/mol. The zero-order valence-electron chi connectivity index (χ0n) is 22.3. The van der Waals surface area contributed by atoms with Gasteiger partial charge < -0.3 is 18.8 Å². The van der Waals surface area contributed by atoms with Crippen molar-refractivity contribution in [2.45, 2.75) is 44.6 Å². The van der Waals surface area contributed by atoms with Gasteiger partial charge in [0.15, 0.2) is 11.6 Å². The normalized spacial score (nSPS) is 19.1. The third-order valence-electron chi connectivity index (χ3n) is 7.78.